The molecule has 0 radical (unpaired) electrons. The molecule has 0 fully saturated rings. The molecule has 0 bridgehead atoms. The van der Waals surface area contributed by atoms with E-state index in [9.17, 15) is 16.8 Å². The normalized spacial score (nSPS) is 15.4. The summed E-state index contributed by atoms with van der Waals surface area (Å²) in [5, 5.41) is 9.74. The summed E-state index contributed by atoms with van der Waals surface area (Å²) in [7, 11) is -11.2. The predicted molar refractivity (Wildman–Crippen MR) is 257 cm³/mol. The molecule has 0 unspecified atom stereocenters. The van der Waals surface area contributed by atoms with Crippen molar-refractivity contribution in [3.05, 3.63) is 147 Å². The molecule has 12 heteroatoms. The fraction of sp³-hybridized carbons (Fsp3) is 0.417. The molecule has 60 heavy (non-hydrogen) atoms. The number of benzene rings is 4. The van der Waals surface area contributed by atoms with Crippen molar-refractivity contribution < 1.29 is 25.2 Å². The number of allylic oxidation sites excluding steroid dienone is 2. The monoisotopic (exact) mass is 898 g/mol. The first-order valence-corrected chi connectivity index (χ1v) is 26.9. The first-order chi connectivity index (χ1) is 28.0. The molecule has 0 aliphatic rings. The summed E-state index contributed by atoms with van der Waals surface area (Å²) < 4.78 is 62.1. The van der Waals surface area contributed by atoms with E-state index in [0.717, 1.165) is 19.6 Å². The van der Waals surface area contributed by atoms with E-state index >= 15 is 0 Å². The van der Waals surface area contributed by atoms with Gasteiger partial charge in [-0.3, -0.25) is 0 Å². The van der Waals surface area contributed by atoms with E-state index in [2.05, 4.69) is 103 Å². The van der Waals surface area contributed by atoms with E-state index in [1.54, 1.807) is 12.2 Å². The molecule has 332 valence electrons. The van der Waals surface area contributed by atoms with Crippen LogP contribution in [-0.4, -0.2) is 49.0 Å². The minimum atomic E-state index is -3.67. The number of rotatable bonds is 20. The lowest BCUT2D eigenvalue weighted by molar-refractivity contribution is 0.227. The van der Waals surface area contributed by atoms with Gasteiger partial charge in [-0.05, 0) is 142 Å². The summed E-state index contributed by atoms with van der Waals surface area (Å²) in [4.78, 5) is 4.48. The van der Waals surface area contributed by atoms with Crippen molar-refractivity contribution in [3.63, 3.8) is 0 Å². The van der Waals surface area contributed by atoms with E-state index in [-0.39, 0.29) is 21.7 Å². The van der Waals surface area contributed by atoms with Gasteiger partial charge in [0.15, 0.2) is 0 Å². The second-order valence-electron chi connectivity index (χ2n) is 17.0. The molecular weight excluding hydrogens is 829 g/mol. The smallest absolute Gasteiger partial charge is 0.212 e. The Morgan fingerprint density at radius 3 is 0.917 bits per heavy atom. The predicted octanol–water partition coefficient (Wildman–Crippen LogP) is 12.1. The molecule has 0 spiro atoms. The summed E-state index contributed by atoms with van der Waals surface area (Å²) in [6.45, 7) is 24.4. The van der Waals surface area contributed by atoms with Gasteiger partial charge in [0.2, 0.25) is 20.0 Å². The zero-order chi connectivity index (χ0) is 44.8. The molecule has 4 aromatic carbocycles. The lowest BCUT2D eigenvalue weighted by atomic mass is 10.1. The summed E-state index contributed by atoms with van der Waals surface area (Å²) in [5.74, 6) is 0. The minimum Gasteiger partial charge on any atom is -0.325 e. The number of hydrogen-bond donors (Lipinski definition) is 2. The van der Waals surface area contributed by atoms with Crippen LogP contribution in [0, 0.1) is 0 Å². The van der Waals surface area contributed by atoms with Crippen LogP contribution >= 0.6 is 20.6 Å². The maximum atomic E-state index is 12.2. The maximum Gasteiger partial charge on any atom is 0.212 e. The van der Waals surface area contributed by atoms with Gasteiger partial charge < -0.3 is 8.37 Å². The lowest BCUT2D eigenvalue weighted by Gasteiger charge is -2.51. The Labute approximate surface area is 366 Å². The second kappa shape index (κ2) is 22.2. The zero-order valence-corrected chi connectivity index (χ0v) is 40.2. The van der Waals surface area contributed by atoms with Crippen LogP contribution in [0.4, 0.5) is 0 Å². The SMILES string of the molecule is C=CCC[C@@H](C[C@@H](C)OS(c1ccccc1)(c1ccccc1)C(C)(C)C)S(N)(=O)=O.C=CCC[C@H](C[C@@H](C)OS(c1ccccc1)(c1ccccc1)C(C)(C)C)S(N)(=O)=O. The third-order valence-corrected chi connectivity index (χ3v) is 21.3. The van der Waals surface area contributed by atoms with Gasteiger partial charge in [0.05, 0.1) is 22.7 Å². The Morgan fingerprint density at radius 1 is 0.500 bits per heavy atom. The third-order valence-electron chi connectivity index (χ3n) is 10.1. The topological polar surface area (TPSA) is 139 Å². The van der Waals surface area contributed by atoms with Crippen LogP contribution in [0.1, 0.15) is 93.9 Å². The van der Waals surface area contributed by atoms with Gasteiger partial charge in [-0.25, -0.2) is 27.1 Å². The van der Waals surface area contributed by atoms with Gasteiger partial charge >= 0.3 is 0 Å². The number of nitrogens with two attached hydrogens (primary N) is 2. The fourth-order valence-corrected chi connectivity index (χ4v) is 17.1. The molecule has 4 aromatic rings. The average molecular weight is 899 g/mol. The Balaban J connectivity index is 0.000000320. The molecule has 4 N–H and O–H groups in total. The van der Waals surface area contributed by atoms with E-state index in [4.69, 9.17) is 18.6 Å². The Bertz CT molecular complexity index is 1890. The largest absolute Gasteiger partial charge is 0.325 e. The molecule has 0 aliphatic carbocycles. The van der Waals surface area contributed by atoms with Gasteiger partial charge in [-0.2, -0.15) is 0 Å². The van der Waals surface area contributed by atoms with E-state index in [0.29, 0.717) is 38.5 Å². The van der Waals surface area contributed by atoms with Gasteiger partial charge in [0, 0.05) is 29.1 Å². The fourth-order valence-electron chi connectivity index (χ4n) is 7.40. The number of hydrogen-bond acceptors (Lipinski definition) is 6. The van der Waals surface area contributed by atoms with E-state index < -0.39 is 51.2 Å². The van der Waals surface area contributed by atoms with Crippen molar-refractivity contribution >= 4 is 40.7 Å². The highest BCUT2D eigenvalue weighted by Crippen LogP contribution is 2.73. The van der Waals surface area contributed by atoms with Crippen LogP contribution in [0.15, 0.2) is 166 Å². The van der Waals surface area contributed by atoms with Crippen molar-refractivity contribution in [1.29, 1.82) is 0 Å². The number of primary sulfonamides is 2. The lowest BCUT2D eigenvalue weighted by Crippen LogP contribution is -2.35. The summed E-state index contributed by atoms with van der Waals surface area (Å²) in [6, 6.07) is 41.0. The zero-order valence-electron chi connectivity index (χ0n) is 36.9. The second-order valence-corrected chi connectivity index (χ2v) is 27.7. The van der Waals surface area contributed by atoms with Crippen LogP contribution in [0.2, 0.25) is 0 Å². The molecular formula is C48H70N2O6S4. The van der Waals surface area contributed by atoms with Gasteiger partial charge in [0.1, 0.15) is 0 Å². The highest BCUT2D eigenvalue weighted by Gasteiger charge is 2.44. The van der Waals surface area contributed by atoms with E-state index in [1.165, 1.54) is 0 Å². The van der Waals surface area contributed by atoms with Crippen molar-refractivity contribution in [3.8, 4) is 0 Å². The molecule has 0 heterocycles. The molecule has 8 nitrogen and oxygen atoms in total. The molecule has 4 atom stereocenters. The van der Waals surface area contributed by atoms with Gasteiger partial charge in [0.25, 0.3) is 0 Å². The molecule has 0 saturated carbocycles. The molecule has 4 rings (SSSR count). The Hall–Kier alpha value is -3.20. The molecule has 0 saturated heterocycles. The van der Waals surface area contributed by atoms with Gasteiger partial charge in [-0.15, -0.1) is 13.2 Å². The minimum absolute atomic E-state index is 0.220. The van der Waals surface area contributed by atoms with Gasteiger partial charge in [-0.1, -0.05) is 106 Å². The number of sulfonamides is 2. The van der Waals surface area contributed by atoms with Crippen LogP contribution in [0.5, 0.6) is 0 Å². The van der Waals surface area contributed by atoms with E-state index in [1.807, 2.05) is 86.6 Å². The molecule has 0 amide bonds. The van der Waals surface area contributed by atoms with Crippen LogP contribution in [0.25, 0.3) is 0 Å². The summed E-state index contributed by atoms with van der Waals surface area (Å²) in [5.41, 5.74) is 0. The molecule has 0 aliphatic heterocycles. The van der Waals surface area contributed by atoms with Crippen LogP contribution in [-0.2, 0) is 28.4 Å². The first kappa shape index (κ1) is 51.2. The maximum absolute atomic E-state index is 12.2. The van der Waals surface area contributed by atoms with Crippen molar-refractivity contribution in [2.75, 3.05) is 0 Å². The van der Waals surface area contributed by atoms with Crippen molar-refractivity contribution in [2.24, 2.45) is 10.3 Å². The summed E-state index contributed by atoms with van der Waals surface area (Å²) >= 11 is 0. The third kappa shape index (κ3) is 13.4. The highest BCUT2D eigenvalue weighted by molar-refractivity contribution is 8.31. The highest BCUT2D eigenvalue weighted by atomic mass is 32.3. The standard InChI is InChI=1S/2C24H35NO3S2/c2*1-6-7-14-23(30(25,26)27)19-20(2)28-29(24(3,4)5,21-15-10-8-11-16-21)22-17-12-9-13-18-22/h2*6,8-13,15-18,20,23H,1,7,14,19H2,2-5H3,(H2,25,26,27)/t20-,23+;20-,23-/m11/s1. The average Bonchev–Trinajstić information content (AvgIpc) is 3.19. The quantitative estimate of drug-likeness (QED) is 0.0847. The van der Waals surface area contributed by atoms with Crippen molar-refractivity contribution in [2.45, 2.75) is 146 Å². The van der Waals surface area contributed by atoms with Crippen LogP contribution in [0.3, 0.4) is 0 Å². The molecule has 0 aromatic heterocycles. The Kier molecular flexibility index (Phi) is 19.0. The first-order valence-electron chi connectivity index (χ1n) is 20.5. The summed E-state index contributed by atoms with van der Waals surface area (Å²) in [6.07, 6.45) is 5.64. The van der Waals surface area contributed by atoms with Crippen LogP contribution < -0.4 is 10.3 Å². The Morgan fingerprint density at radius 2 is 0.733 bits per heavy atom. The van der Waals surface area contributed by atoms with Crippen molar-refractivity contribution in [1.82, 2.24) is 0 Å².